The van der Waals surface area contributed by atoms with Gasteiger partial charge in [-0.05, 0) is 47.9 Å². The van der Waals surface area contributed by atoms with Crippen molar-refractivity contribution in [2.45, 2.75) is 13.0 Å². The van der Waals surface area contributed by atoms with E-state index in [0.717, 1.165) is 23.3 Å². The minimum Gasteiger partial charge on any atom is -0.497 e. The second-order valence-corrected chi connectivity index (χ2v) is 5.75. The van der Waals surface area contributed by atoms with Crippen molar-refractivity contribution in [3.8, 4) is 5.75 Å². The van der Waals surface area contributed by atoms with Gasteiger partial charge in [0.05, 0.1) is 13.7 Å². The molecule has 0 radical (unpaired) electrons. The molecular formula is C20H21N3O2. The molecule has 0 unspecified atom stereocenters. The second-order valence-electron chi connectivity index (χ2n) is 5.75. The number of nitrogens with one attached hydrogen (secondary N) is 1. The van der Waals surface area contributed by atoms with Gasteiger partial charge in [0.15, 0.2) is 0 Å². The lowest BCUT2D eigenvalue weighted by atomic mass is 10.1. The number of hydrogen-bond acceptors (Lipinski definition) is 3. The molecule has 0 saturated heterocycles. The van der Waals surface area contributed by atoms with E-state index < -0.39 is 0 Å². The number of aromatic nitrogens is 2. The fourth-order valence-corrected chi connectivity index (χ4v) is 2.56. The van der Waals surface area contributed by atoms with Gasteiger partial charge >= 0.3 is 0 Å². The first-order valence-corrected chi connectivity index (χ1v) is 8.22. The molecule has 0 spiro atoms. The summed E-state index contributed by atoms with van der Waals surface area (Å²) in [4.78, 5) is 12.2. The predicted octanol–water partition coefficient (Wildman–Crippen LogP) is 2.91. The Kier molecular flexibility index (Phi) is 5.46. The molecule has 25 heavy (non-hydrogen) atoms. The summed E-state index contributed by atoms with van der Waals surface area (Å²) in [5.74, 6) is 0.780. The van der Waals surface area contributed by atoms with Gasteiger partial charge < -0.3 is 10.1 Å². The van der Waals surface area contributed by atoms with Gasteiger partial charge in [-0.2, -0.15) is 5.10 Å². The molecule has 5 heteroatoms. The molecule has 0 atom stereocenters. The predicted molar refractivity (Wildman–Crippen MR) is 96.8 cm³/mol. The molecule has 5 nitrogen and oxygen atoms in total. The first-order valence-electron chi connectivity index (χ1n) is 8.22. The minimum absolute atomic E-state index is 0.0563. The van der Waals surface area contributed by atoms with Crippen LogP contribution in [0.2, 0.25) is 0 Å². The van der Waals surface area contributed by atoms with E-state index in [4.69, 9.17) is 4.74 Å². The Hall–Kier alpha value is -3.08. The molecule has 2 aromatic carbocycles. The number of hydrogen-bond donors (Lipinski definition) is 1. The lowest BCUT2D eigenvalue weighted by molar-refractivity contribution is 0.0954. The highest BCUT2D eigenvalue weighted by atomic mass is 16.5. The van der Waals surface area contributed by atoms with Gasteiger partial charge in [0.2, 0.25) is 0 Å². The van der Waals surface area contributed by atoms with Crippen LogP contribution >= 0.6 is 0 Å². The molecule has 0 bridgehead atoms. The number of carbonyl (C=O) groups excluding carboxylic acids is 1. The maximum Gasteiger partial charge on any atom is 0.251 e. The van der Waals surface area contributed by atoms with E-state index in [1.165, 1.54) is 0 Å². The lowest BCUT2D eigenvalue weighted by Gasteiger charge is -2.07. The summed E-state index contributed by atoms with van der Waals surface area (Å²) in [5.41, 5.74) is 2.94. The molecule has 1 heterocycles. The zero-order chi connectivity index (χ0) is 17.5. The number of benzene rings is 2. The second kappa shape index (κ2) is 8.15. The van der Waals surface area contributed by atoms with Crippen LogP contribution in [0.15, 0.2) is 67.0 Å². The van der Waals surface area contributed by atoms with Crippen LogP contribution in [0.25, 0.3) is 0 Å². The van der Waals surface area contributed by atoms with Crippen molar-refractivity contribution < 1.29 is 9.53 Å². The third-order valence-corrected chi connectivity index (χ3v) is 3.98. The smallest absolute Gasteiger partial charge is 0.251 e. The average Bonchev–Trinajstić information content (AvgIpc) is 3.16. The number of amides is 1. The molecular weight excluding hydrogens is 314 g/mol. The van der Waals surface area contributed by atoms with Crippen LogP contribution < -0.4 is 10.1 Å². The summed E-state index contributed by atoms with van der Waals surface area (Å²) in [5, 5.41) is 7.13. The van der Waals surface area contributed by atoms with Crippen LogP contribution in [-0.4, -0.2) is 29.3 Å². The van der Waals surface area contributed by atoms with E-state index in [9.17, 15) is 4.79 Å². The molecule has 1 N–H and O–H groups in total. The Labute approximate surface area is 147 Å². The van der Waals surface area contributed by atoms with Gasteiger partial charge in [0.1, 0.15) is 5.75 Å². The zero-order valence-electron chi connectivity index (χ0n) is 14.2. The van der Waals surface area contributed by atoms with E-state index in [1.54, 1.807) is 13.3 Å². The molecule has 128 valence electrons. The van der Waals surface area contributed by atoms with Gasteiger partial charge in [-0.15, -0.1) is 0 Å². The monoisotopic (exact) mass is 335 g/mol. The van der Waals surface area contributed by atoms with Gasteiger partial charge in [-0.1, -0.05) is 24.3 Å². The van der Waals surface area contributed by atoms with E-state index in [1.807, 2.05) is 65.5 Å². The molecule has 3 aromatic rings. The van der Waals surface area contributed by atoms with Crippen LogP contribution in [-0.2, 0) is 13.0 Å². The normalized spacial score (nSPS) is 10.4. The molecule has 0 fully saturated rings. The van der Waals surface area contributed by atoms with Crippen LogP contribution in [0.5, 0.6) is 5.75 Å². The van der Waals surface area contributed by atoms with Gasteiger partial charge in [-0.25, -0.2) is 0 Å². The number of nitrogens with zero attached hydrogens (tertiary/aromatic N) is 2. The largest absolute Gasteiger partial charge is 0.497 e. The van der Waals surface area contributed by atoms with Crippen LogP contribution in [0.3, 0.4) is 0 Å². The number of methoxy groups -OCH3 is 1. The van der Waals surface area contributed by atoms with Crippen LogP contribution in [0.4, 0.5) is 0 Å². The van der Waals surface area contributed by atoms with Crippen molar-refractivity contribution in [2.24, 2.45) is 0 Å². The zero-order valence-corrected chi connectivity index (χ0v) is 14.2. The molecule has 0 aliphatic rings. The first-order chi connectivity index (χ1) is 12.2. The van der Waals surface area contributed by atoms with E-state index in [2.05, 4.69) is 10.4 Å². The summed E-state index contributed by atoms with van der Waals surface area (Å²) in [6.07, 6.45) is 4.46. The highest BCUT2D eigenvalue weighted by Gasteiger charge is 2.05. The number of rotatable bonds is 7. The van der Waals surface area contributed by atoms with Crippen molar-refractivity contribution in [1.82, 2.24) is 15.1 Å². The molecule has 0 saturated carbocycles. The van der Waals surface area contributed by atoms with Crippen LogP contribution in [0, 0.1) is 0 Å². The maximum atomic E-state index is 12.2. The van der Waals surface area contributed by atoms with E-state index in [-0.39, 0.29) is 5.91 Å². The highest BCUT2D eigenvalue weighted by Crippen LogP contribution is 2.11. The van der Waals surface area contributed by atoms with Crippen molar-refractivity contribution in [2.75, 3.05) is 13.7 Å². The fraction of sp³-hybridized carbons (Fsp3) is 0.200. The molecule has 1 amide bonds. The molecule has 3 rings (SSSR count). The quantitative estimate of drug-likeness (QED) is 0.722. The summed E-state index contributed by atoms with van der Waals surface area (Å²) in [6.45, 7) is 1.30. The van der Waals surface area contributed by atoms with Crippen molar-refractivity contribution in [3.05, 3.63) is 83.7 Å². The third-order valence-electron chi connectivity index (χ3n) is 3.98. The van der Waals surface area contributed by atoms with Gasteiger partial charge in [0, 0.05) is 24.5 Å². The number of carbonyl (C=O) groups is 1. The van der Waals surface area contributed by atoms with Crippen molar-refractivity contribution >= 4 is 5.91 Å². The first kappa shape index (κ1) is 16.8. The Balaban J connectivity index is 1.49. The van der Waals surface area contributed by atoms with E-state index >= 15 is 0 Å². The highest BCUT2D eigenvalue weighted by molar-refractivity contribution is 5.94. The lowest BCUT2D eigenvalue weighted by Crippen LogP contribution is -2.25. The Morgan fingerprint density at radius 3 is 2.44 bits per heavy atom. The topological polar surface area (TPSA) is 56.1 Å². The van der Waals surface area contributed by atoms with Crippen molar-refractivity contribution in [1.29, 1.82) is 0 Å². The van der Waals surface area contributed by atoms with Crippen LogP contribution in [0.1, 0.15) is 21.5 Å². The maximum absolute atomic E-state index is 12.2. The summed E-state index contributed by atoms with van der Waals surface area (Å²) in [7, 11) is 1.65. The third kappa shape index (κ3) is 4.70. The molecule has 0 aliphatic heterocycles. The Morgan fingerprint density at radius 2 is 1.80 bits per heavy atom. The summed E-state index contributed by atoms with van der Waals surface area (Å²) >= 11 is 0. The number of ether oxygens (including phenoxy) is 1. The standard InChI is InChI=1S/C20H21N3O2/c1-25-19-9-5-16(6-10-19)11-13-21-20(24)18-7-3-17(4-8-18)15-23-14-2-12-22-23/h2-10,12,14H,11,13,15H2,1H3,(H,21,24). The molecule has 0 aliphatic carbocycles. The summed E-state index contributed by atoms with van der Waals surface area (Å²) in [6, 6.07) is 17.4. The minimum atomic E-state index is -0.0563. The van der Waals surface area contributed by atoms with Crippen molar-refractivity contribution in [3.63, 3.8) is 0 Å². The van der Waals surface area contributed by atoms with E-state index in [0.29, 0.717) is 18.7 Å². The Morgan fingerprint density at radius 1 is 1.08 bits per heavy atom. The molecule has 1 aromatic heterocycles. The average molecular weight is 335 g/mol. The SMILES string of the molecule is COc1ccc(CCNC(=O)c2ccc(Cn3cccn3)cc2)cc1. The Bertz CT molecular complexity index is 794. The summed E-state index contributed by atoms with van der Waals surface area (Å²) < 4.78 is 6.99. The van der Waals surface area contributed by atoms with Gasteiger partial charge in [-0.3, -0.25) is 9.48 Å². The fourth-order valence-electron chi connectivity index (χ4n) is 2.56. The van der Waals surface area contributed by atoms with Gasteiger partial charge in [0.25, 0.3) is 5.91 Å².